The number of fused-ring (bicyclic) bond motifs is 1. The minimum absolute atomic E-state index is 0.134. The Hall–Kier alpha value is -1.89. The summed E-state index contributed by atoms with van der Waals surface area (Å²) in [6, 6.07) is 0.134. The molecule has 7 heteroatoms. The maximum Gasteiger partial charge on any atom is 0.346 e. The van der Waals surface area contributed by atoms with E-state index in [4.69, 9.17) is 5.11 Å². The molecule has 0 saturated carbocycles. The molecular weight excluding hydrogens is 266 g/mol. The number of carboxylic acid groups (broad SMARTS) is 1. The van der Waals surface area contributed by atoms with Crippen LogP contribution >= 0.6 is 11.3 Å². The van der Waals surface area contributed by atoms with Gasteiger partial charge in [-0.1, -0.05) is 6.92 Å². The Balaban J connectivity index is 2.61. The minimum Gasteiger partial charge on any atom is -0.477 e. The largest absolute Gasteiger partial charge is 0.477 e. The second-order valence-corrected chi connectivity index (χ2v) is 5.40. The molecule has 6 nitrogen and oxygen atoms in total. The van der Waals surface area contributed by atoms with Gasteiger partial charge in [0.15, 0.2) is 0 Å². The van der Waals surface area contributed by atoms with Gasteiger partial charge in [0, 0.05) is 6.04 Å². The molecule has 0 aliphatic rings. The fourth-order valence-corrected chi connectivity index (χ4v) is 2.73. The molecule has 0 saturated heterocycles. The highest BCUT2D eigenvalue weighted by molar-refractivity contribution is 7.20. The number of rotatable bonds is 4. The fraction of sp³-hybridized carbons (Fsp3) is 0.417. The zero-order chi connectivity index (χ0) is 14.2. The summed E-state index contributed by atoms with van der Waals surface area (Å²) in [7, 11) is 0. The summed E-state index contributed by atoms with van der Waals surface area (Å²) in [6.45, 7) is 5.60. The summed E-state index contributed by atoms with van der Waals surface area (Å²) >= 11 is 1.03. The van der Waals surface area contributed by atoms with Crippen LogP contribution in [0.1, 0.15) is 35.5 Å². The minimum atomic E-state index is -1.03. The van der Waals surface area contributed by atoms with E-state index < -0.39 is 5.97 Å². The van der Waals surface area contributed by atoms with Gasteiger partial charge in [0.1, 0.15) is 16.0 Å². The quantitative estimate of drug-likeness (QED) is 0.892. The highest BCUT2D eigenvalue weighted by Crippen LogP contribution is 2.26. The van der Waals surface area contributed by atoms with Gasteiger partial charge in [0.05, 0.1) is 5.39 Å². The average Bonchev–Trinajstić information content (AvgIpc) is 2.71. The molecule has 0 radical (unpaired) electrons. The first-order valence-electron chi connectivity index (χ1n) is 5.96. The van der Waals surface area contributed by atoms with Gasteiger partial charge in [0.2, 0.25) is 0 Å². The summed E-state index contributed by atoms with van der Waals surface area (Å²) in [5, 5.41) is 9.44. The van der Waals surface area contributed by atoms with E-state index in [0.29, 0.717) is 15.8 Å². The van der Waals surface area contributed by atoms with Crippen LogP contribution in [0.25, 0.3) is 10.2 Å². The number of thiophene rings is 1. The second kappa shape index (κ2) is 5.00. The lowest BCUT2D eigenvalue weighted by atomic mass is 10.2. The lowest BCUT2D eigenvalue weighted by Crippen LogP contribution is -2.34. The molecule has 2 aromatic rings. The lowest BCUT2D eigenvalue weighted by molar-refractivity contribution is 0.0701. The Bertz CT molecular complexity index is 689. The van der Waals surface area contributed by atoms with Gasteiger partial charge in [-0.05, 0) is 25.8 Å². The molecule has 2 aromatic heterocycles. The van der Waals surface area contributed by atoms with Crippen molar-refractivity contribution in [3.05, 3.63) is 27.1 Å². The topological polar surface area (TPSA) is 84.2 Å². The van der Waals surface area contributed by atoms with Crippen LogP contribution in [0.4, 0.5) is 0 Å². The Labute approximate surface area is 113 Å². The van der Waals surface area contributed by atoms with Gasteiger partial charge in [-0.25, -0.2) is 14.5 Å². The summed E-state index contributed by atoms with van der Waals surface area (Å²) in [5.74, 6) is -1.03. The molecule has 102 valence electrons. The molecule has 2 N–H and O–H groups in total. The molecular formula is C12H15N3O3S. The molecule has 0 bridgehead atoms. The summed E-state index contributed by atoms with van der Waals surface area (Å²) in [4.78, 5) is 28.2. The van der Waals surface area contributed by atoms with Gasteiger partial charge in [-0.3, -0.25) is 4.79 Å². The number of aromatic carboxylic acids is 1. The molecule has 2 rings (SSSR count). The van der Waals surface area contributed by atoms with Crippen molar-refractivity contribution in [2.24, 2.45) is 0 Å². The number of nitrogens with one attached hydrogen (secondary N) is 1. The average molecular weight is 281 g/mol. The Morgan fingerprint density at radius 3 is 2.89 bits per heavy atom. The van der Waals surface area contributed by atoms with Gasteiger partial charge >= 0.3 is 5.97 Å². The molecule has 0 spiro atoms. The van der Waals surface area contributed by atoms with E-state index in [-0.39, 0.29) is 16.5 Å². The lowest BCUT2D eigenvalue weighted by Gasteiger charge is -2.14. The predicted molar refractivity (Wildman–Crippen MR) is 74.7 cm³/mol. The van der Waals surface area contributed by atoms with Crippen LogP contribution in [0.5, 0.6) is 0 Å². The molecule has 0 aromatic carbocycles. The normalized spacial score (nSPS) is 12.6. The molecule has 0 aliphatic carbocycles. The van der Waals surface area contributed by atoms with Gasteiger partial charge in [-0.15, -0.1) is 11.3 Å². The number of nitrogens with zero attached hydrogens (tertiary/aromatic N) is 2. The zero-order valence-corrected chi connectivity index (χ0v) is 11.7. The van der Waals surface area contributed by atoms with E-state index in [1.807, 2.05) is 13.8 Å². The Morgan fingerprint density at radius 2 is 2.32 bits per heavy atom. The van der Waals surface area contributed by atoms with Crippen molar-refractivity contribution >= 4 is 27.5 Å². The van der Waals surface area contributed by atoms with Crippen LogP contribution in [0, 0.1) is 6.92 Å². The Morgan fingerprint density at radius 1 is 1.63 bits per heavy atom. The van der Waals surface area contributed by atoms with Crippen LogP contribution in [0.15, 0.2) is 11.1 Å². The first kappa shape index (κ1) is 13.5. The zero-order valence-electron chi connectivity index (χ0n) is 10.9. The maximum absolute atomic E-state index is 12.3. The van der Waals surface area contributed by atoms with Crippen molar-refractivity contribution in [1.29, 1.82) is 0 Å². The fourth-order valence-electron chi connectivity index (χ4n) is 1.75. The van der Waals surface area contributed by atoms with E-state index in [9.17, 15) is 9.59 Å². The van der Waals surface area contributed by atoms with Crippen LogP contribution in [0.3, 0.4) is 0 Å². The number of carbonyl (C=O) groups is 1. The maximum atomic E-state index is 12.3. The van der Waals surface area contributed by atoms with E-state index in [0.717, 1.165) is 17.8 Å². The molecule has 2 heterocycles. The van der Waals surface area contributed by atoms with Crippen molar-refractivity contribution in [3.8, 4) is 0 Å². The van der Waals surface area contributed by atoms with E-state index in [1.54, 1.807) is 6.92 Å². The predicted octanol–water partition coefficient (Wildman–Crippen LogP) is 1.81. The van der Waals surface area contributed by atoms with E-state index in [2.05, 4.69) is 10.4 Å². The first-order valence-corrected chi connectivity index (χ1v) is 6.78. The highest BCUT2D eigenvalue weighted by atomic mass is 32.1. The number of aromatic nitrogens is 2. The smallest absolute Gasteiger partial charge is 0.346 e. The number of hydrogen-bond acceptors (Lipinski definition) is 5. The van der Waals surface area contributed by atoms with Crippen molar-refractivity contribution in [2.45, 2.75) is 33.2 Å². The Kier molecular flexibility index (Phi) is 3.57. The second-order valence-electron chi connectivity index (χ2n) is 4.40. The summed E-state index contributed by atoms with van der Waals surface area (Å²) < 4.78 is 1.32. The molecule has 1 atom stereocenters. The van der Waals surface area contributed by atoms with E-state index >= 15 is 0 Å². The number of hydrogen-bond donors (Lipinski definition) is 2. The van der Waals surface area contributed by atoms with Gasteiger partial charge in [-0.2, -0.15) is 0 Å². The van der Waals surface area contributed by atoms with Crippen LogP contribution < -0.4 is 11.0 Å². The third-order valence-electron chi connectivity index (χ3n) is 3.02. The van der Waals surface area contributed by atoms with Gasteiger partial charge in [0.25, 0.3) is 5.56 Å². The van der Waals surface area contributed by atoms with Crippen molar-refractivity contribution < 1.29 is 9.90 Å². The van der Waals surface area contributed by atoms with Gasteiger partial charge < -0.3 is 10.5 Å². The van der Waals surface area contributed by atoms with Crippen LogP contribution in [-0.4, -0.2) is 26.8 Å². The number of carboxylic acids is 1. The number of aryl methyl sites for hydroxylation is 1. The standard InChI is InChI=1S/C12H15N3O3S/c1-4-6(2)14-15-5-13-10-8(11(15)16)7(3)9(19-10)12(17)18/h5-6,14H,4H2,1-3H3,(H,17,18). The molecule has 0 amide bonds. The van der Waals surface area contributed by atoms with Crippen molar-refractivity contribution in [1.82, 2.24) is 9.66 Å². The first-order chi connectivity index (χ1) is 8.95. The van der Waals surface area contributed by atoms with E-state index in [1.165, 1.54) is 11.0 Å². The van der Waals surface area contributed by atoms with Crippen molar-refractivity contribution in [3.63, 3.8) is 0 Å². The summed E-state index contributed by atoms with van der Waals surface area (Å²) in [6.07, 6.45) is 2.27. The highest BCUT2D eigenvalue weighted by Gasteiger charge is 2.18. The third-order valence-corrected chi connectivity index (χ3v) is 4.21. The van der Waals surface area contributed by atoms with Crippen LogP contribution in [0.2, 0.25) is 0 Å². The van der Waals surface area contributed by atoms with Crippen molar-refractivity contribution in [2.75, 3.05) is 5.43 Å². The van der Waals surface area contributed by atoms with Crippen LogP contribution in [-0.2, 0) is 0 Å². The molecule has 1 unspecified atom stereocenters. The summed E-state index contributed by atoms with van der Waals surface area (Å²) in [5.41, 5.74) is 3.24. The molecule has 19 heavy (non-hydrogen) atoms. The third kappa shape index (κ3) is 2.33. The molecule has 0 fully saturated rings. The monoisotopic (exact) mass is 281 g/mol. The SMILES string of the molecule is CCC(C)Nn1cnc2sc(C(=O)O)c(C)c2c1=O. The molecule has 0 aliphatic heterocycles.